The summed E-state index contributed by atoms with van der Waals surface area (Å²) in [6, 6.07) is 0. The van der Waals surface area contributed by atoms with Gasteiger partial charge in [-0.25, -0.2) is 0 Å². The maximum absolute atomic E-state index is 11.6. The van der Waals surface area contributed by atoms with Gasteiger partial charge in [0.15, 0.2) is 0 Å². The summed E-state index contributed by atoms with van der Waals surface area (Å²) in [6.45, 7) is 2.49. The van der Waals surface area contributed by atoms with E-state index in [1.807, 2.05) is 0 Å². The molecule has 94 valence electrons. The van der Waals surface area contributed by atoms with Crippen LogP contribution in [0.5, 0.6) is 0 Å². The van der Waals surface area contributed by atoms with Gasteiger partial charge >= 0.3 is 5.97 Å². The quantitative estimate of drug-likeness (QED) is 0.551. The van der Waals surface area contributed by atoms with Crippen molar-refractivity contribution in [2.45, 2.75) is 32.1 Å². The maximum Gasteiger partial charge on any atom is 0.308 e. The van der Waals surface area contributed by atoms with Crippen LogP contribution >= 0.6 is 0 Å². The Morgan fingerprint density at radius 1 is 1.19 bits per heavy atom. The minimum Gasteiger partial charge on any atom is -1.00 e. The highest BCUT2D eigenvalue weighted by Crippen LogP contribution is 2.40. The van der Waals surface area contributed by atoms with Crippen LogP contribution < -0.4 is 17.7 Å². The molecule has 1 heterocycles. The molecule has 2 rings (SSSR count). The lowest BCUT2D eigenvalue weighted by atomic mass is 9.79. The Hall–Kier alpha value is -0.280. The fourth-order valence-corrected chi connectivity index (χ4v) is 3.38. The molecule has 0 bridgehead atoms. The van der Waals surface area contributed by atoms with Crippen LogP contribution in [0.3, 0.4) is 0 Å². The van der Waals surface area contributed by atoms with E-state index in [0.29, 0.717) is 5.92 Å². The molecule has 2 fully saturated rings. The average Bonchev–Trinajstić information content (AvgIpc) is 2.78. The molecule has 16 heavy (non-hydrogen) atoms. The van der Waals surface area contributed by atoms with Crippen LogP contribution in [0.25, 0.3) is 0 Å². The minimum atomic E-state index is 0. The number of piperidine rings is 1. The number of quaternary nitrogens is 1. The van der Waals surface area contributed by atoms with E-state index in [4.69, 9.17) is 4.74 Å². The van der Waals surface area contributed by atoms with Crippen LogP contribution in [0, 0.1) is 17.8 Å². The van der Waals surface area contributed by atoms with Gasteiger partial charge in [0.25, 0.3) is 0 Å². The monoisotopic (exact) mass is 247 g/mol. The number of nitrogens with two attached hydrogens (primary N) is 1. The minimum absolute atomic E-state index is 0. The van der Waals surface area contributed by atoms with E-state index in [9.17, 15) is 4.79 Å². The van der Waals surface area contributed by atoms with E-state index in [0.717, 1.165) is 12.3 Å². The van der Waals surface area contributed by atoms with Gasteiger partial charge < -0.3 is 22.5 Å². The predicted octanol–water partition coefficient (Wildman–Crippen LogP) is -2.45. The number of carbonyl (C=O) groups excluding carboxylic acids is 1. The number of hydrogen-bond donors (Lipinski definition) is 1. The second-order valence-electron chi connectivity index (χ2n) is 4.93. The highest BCUT2D eigenvalue weighted by Gasteiger charge is 2.39. The standard InChI is InChI=1S/C12H21NO2.ClH/c1-15-12(14)11-4-2-3-10(11)9-5-7-13-8-6-9;/h9-11,13H,2-8H2,1H3;1H. The number of halogens is 1. The molecule has 1 saturated heterocycles. The van der Waals surface area contributed by atoms with E-state index in [-0.39, 0.29) is 24.3 Å². The third-order valence-corrected chi connectivity index (χ3v) is 4.16. The molecule has 2 unspecified atom stereocenters. The Morgan fingerprint density at radius 3 is 2.50 bits per heavy atom. The molecule has 0 amide bonds. The number of carbonyl (C=O) groups is 1. The first-order valence-electron chi connectivity index (χ1n) is 6.22. The molecule has 0 aromatic rings. The van der Waals surface area contributed by atoms with Gasteiger partial charge in [-0.2, -0.15) is 0 Å². The first-order chi connectivity index (χ1) is 7.33. The van der Waals surface area contributed by atoms with E-state index in [1.165, 1.54) is 45.9 Å². The van der Waals surface area contributed by atoms with E-state index in [2.05, 4.69) is 5.32 Å². The molecule has 0 radical (unpaired) electrons. The molecule has 1 saturated carbocycles. The van der Waals surface area contributed by atoms with Crippen molar-refractivity contribution in [1.82, 2.24) is 0 Å². The van der Waals surface area contributed by atoms with Crippen LogP contribution in [-0.4, -0.2) is 26.2 Å². The smallest absolute Gasteiger partial charge is 0.308 e. The Kier molecular flexibility index (Phi) is 5.56. The van der Waals surface area contributed by atoms with Gasteiger partial charge in [-0.3, -0.25) is 4.79 Å². The summed E-state index contributed by atoms with van der Waals surface area (Å²) in [5.41, 5.74) is 0. The Morgan fingerprint density at radius 2 is 1.88 bits per heavy atom. The van der Waals surface area contributed by atoms with Crippen molar-refractivity contribution in [2.75, 3.05) is 20.2 Å². The number of ether oxygens (including phenoxy) is 1. The average molecular weight is 248 g/mol. The molecule has 0 spiro atoms. The predicted molar refractivity (Wildman–Crippen MR) is 57.2 cm³/mol. The van der Waals surface area contributed by atoms with E-state index < -0.39 is 0 Å². The normalized spacial score (nSPS) is 30.8. The Balaban J connectivity index is 0.00000128. The Bertz CT molecular complexity index is 229. The van der Waals surface area contributed by atoms with Crippen molar-refractivity contribution in [3.8, 4) is 0 Å². The fraction of sp³-hybridized carbons (Fsp3) is 0.917. The fourth-order valence-electron chi connectivity index (χ4n) is 3.38. The molecule has 2 atom stereocenters. The summed E-state index contributed by atoms with van der Waals surface area (Å²) in [5.74, 6) is 1.64. The summed E-state index contributed by atoms with van der Waals surface area (Å²) in [7, 11) is 1.52. The van der Waals surface area contributed by atoms with Crippen molar-refractivity contribution in [3.05, 3.63) is 0 Å². The molecule has 2 N–H and O–H groups in total. The first-order valence-corrected chi connectivity index (χ1v) is 6.22. The van der Waals surface area contributed by atoms with E-state index >= 15 is 0 Å². The second kappa shape index (κ2) is 6.45. The lowest BCUT2D eigenvalue weighted by molar-refractivity contribution is -0.665. The number of esters is 1. The number of hydrogen-bond acceptors (Lipinski definition) is 2. The van der Waals surface area contributed by atoms with Gasteiger partial charge in [0, 0.05) is 0 Å². The summed E-state index contributed by atoms with van der Waals surface area (Å²) < 4.78 is 4.91. The van der Waals surface area contributed by atoms with Gasteiger partial charge in [0.2, 0.25) is 0 Å². The second-order valence-corrected chi connectivity index (χ2v) is 4.93. The molecule has 4 heteroatoms. The zero-order chi connectivity index (χ0) is 10.7. The largest absolute Gasteiger partial charge is 1.00 e. The van der Waals surface area contributed by atoms with Gasteiger partial charge in [0.1, 0.15) is 0 Å². The summed E-state index contributed by atoms with van der Waals surface area (Å²) >= 11 is 0. The summed E-state index contributed by atoms with van der Waals surface area (Å²) in [4.78, 5) is 11.6. The van der Waals surface area contributed by atoms with Crippen molar-refractivity contribution in [2.24, 2.45) is 17.8 Å². The summed E-state index contributed by atoms with van der Waals surface area (Å²) in [5, 5.41) is 2.39. The maximum atomic E-state index is 11.6. The van der Waals surface area contributed by atoms with Gasteiger partial charge in [-0.15, -0.1) is 0 Å². The van der Waals surface area contributed by atoms with Gasteiger partial charge in [-0.1, -0.05) is 6.42 Å². The molecule has 1 aliphatic heterocycles. The highest BCUT2D eigenvalue weighted by molar-refractivity contribution is 5.73. The van der Waals surface area contributed by atoms with Crippen LogP contribution in [0.15, 0.2) is 0 Å². The van der Waals surface area contributed by atoms with Crippen molar-refractivity contribution >= 4 is 5.97 Å². The summed E-state index contributed by atoms with van der Waals surface area (Å²) in [6.07, 6.45) is 6.09. The SMILES string of the molecule is COC(=O)C1CCCC1C1CC[NH2+]CC1.[Cl-]. The molecule has 3 nitrogen and oxygen atoms in total. The topological polar surface area (TPSA) is 42.9 Å². The lowest BCUT2D eigenvalue weighted by Crippen LogP contribution is -3.00. The van der Waals surface area contributed by atoms with Crippen LogP contribution in [0.4, 0.5) is 0 Å². The molecule has 0 aromatic carbocycles. The van der Waals surface area contributed by atoms with Crippen molar-refractivity contribution in [1.29, 1.82) is 0 Å². The third kappa shape index (κ3) is 2.89. The number of rotatable bonds is 2. The van der Waals surface area contributed by atoms with E-state index in [1.54, 1.807) is 0 Å². The Labute approximate surface area is 104 Å². The van der Waals surface area contributed by atoms with Gasteiger partial charge in [0.05, 0.1) is 26.1 Å². The molecular formula is C12H22ClNO2. The molecule has 1 aliphatic carbocycles. The van der Waals surface area contributed by atoms with Crippen molar-refractivity contribution in [3.63, 3.8) is 0 Å². The molecule has 2 aliphatic rings. The lowest BCUT2D eigenvalue weighted by Gasteiger charge is -2.29. The van der Waals surface area contributed by atoms with Crippen LogP contribution in [-0.2, 0) is 9.53 Å². The van der Waals surface area contributed by atoms with Crippen LogP contribution in [0.1, 0.15) is 32.1 Å². The first kappa shape index (κ1) is 13.8. The highest BCUT2D eigenvalue weighted by atomic mass is 35.5. The van der Waals surface area contributed by atoms with Gasteiger partial charge in [-0.05, 0) is 37.5 Å². The van der Waals surface area contributed by atoms with Crippen LogP contribution in [0.2, 0.25) is 0 Å². The van der Waals surface area contributed by atoms with Crippen molar-refractivity contribution < 1.29 is 27.3 Å². The number of methoxy groups -OCH3 is 1. The third-order valence-electron chi connectivity index (χ3n) is 4.16. The zero-order valence-corrected chi connectivity index (χ0v) is 10.7. The zero-order valence-electron chi connectivity index (χ0n) is 9.95. The molecule has 0 aromatic heterocycles. The molecular weight excluding hydrogens is 226 g/mol.